The van der Waals surface area contributed by atoms with Gasteiger partial charge in [-0.1, -0.05) is 6.07 Å². The minimum absolute atomic E-state index is 0.111. The number of fused-ring (bicyclic) bond motifs is 1. The molecular weight excluding hydrogens is 322 g/mol. The second-order valence-electron chi connectivity index (χ2n) is 5.79. The maximum absolute atomic E-state index is 12.5. The first-order valence-electron chi connectivity index (χ1n) is 7.84. The van der Waals surface area contributed by atoms with Crippen molar-refractivity contribution in [3.63, 3.8) is 0 Å². The maximum atomic E-state index is 12.5. The van der Waals surface area contributed by atoms with Crippen molar-refractivity contribution in [2.75, 3.05) is 10.6 Å². The van der Waals surface area contributed by atoms with Crippen molar-refractivity contribution in [2.24, 2.45) is 0 Å². The van der Waals surface area contributed by atoms with E-state index in [-0.39, 0.29) is 5.91 Å². The highest BCUT2D eigenvalue weighted by molar-refractivity contribution is 7.13. The van der Waals surface area contributed by atoms with E-state index in [1.165, 1.54) is 0 Å². The summed E-state index contributed by atoms with van der Waals surface area (Å²) in [6.07, 6.45) is 3.62. The van der Waals surface area contributed by atoms with E-state index >= 15 is 0 Å². The zero-order valence-corrected chi connectivity index (χ0v) is 14.1. The average molecular weight is 339 g/mol. The Morgan fingerprint density at radius 3 is 3.04 bits per heavy atom. The molecule has 0 spiro atoms. The smallest absolute Gasteiger partial charge is 0.259 e. The molecule has 6 nitrogen and oxygen atoms in total. The van der Waals surface area contributed by atoms with Gasteiger partial charge in [-0.15, -0.1) is 11.3 Å². The zero-order chi connectivity index (χ0) is 16.5. The van der Waals surface area contributed by atoms with Gasteiger partial charge in [0.1, 0.15) is 0 Å². The van der Waals surface area contributed by atoms with Crippen molar-refractivity contribution >= 4 is 33.8 Å². The molecule has 0 saturated carbocycles. The molecule has 24 heavy (non-hydrogen) atoms. The summed E-state index contributed by atoms with van der Waals surface area (Å²) in [6.45, 7) is 2.86. The van der Waals surface area contributed by atoms with Gasteiger partial charge < -0.3 is 10.6 Å². The van der Waals surface area contributed by atoms with Crippen molar-refractivity contribution in [2.45, 2.75) is 26.3 Å². The minimum Gasteiger partial charge on any atom is -0.331 e. The molecule has 0 saturated heterocycles. The number of benzene rings is 1. The predicted octanol–water partition coefficient (Wildman–Crippen LogP) is 3.59. The molecule has 122 valence electrons. The summed E-state index contributed by atoms with van der Waals surface area (Å²) in [7, 11) is 0. The topological polar surface area (TPSA) is 71.8 Å². The summed E-state index contributed by atoms with van der Waals surface area (Å²) in [6, 6.07) is 7.63. The van der Waals surface area contributed by atoms with Gasteiger partial charge in [-0.05, 0) is 38.0 Å². The Morgan fingerprint density at radius 1 is 1.33 bits per heavy atom. The Kier molecular flexibility index (Phi) is 3.78. The van der Waals surface area contributed by atoms with Crippen molar-refractivity contribution in [1.82, 2.24) is 14.8 Å². The summed E-state index contributed by atoms with van der Waals surface area (Å²) in [5.74, 6) is -0.111. The number of carbonyl (C=O) groups is 1. The summed E-state index contributed by atoms with van der Waals surface area (Å²) < 4.78 is 1.91. The number of anilines is 3. The molecule has 1 amide bonds. The fraction of sp³-hybridized carbons (Fsp3) is 0.235. The van der Waals surface area contributed by atoms with Gasteiger partial charge in [-0.2, -0.15) is 5.10 Å². The van der Waals surface area contributed by atoms with Crippen LogP contribution in [0.3, 0.4) is 0 Å². The Morgan fingerprint density at radius 2 is 2.21 bits per heavy atom. The van der Waals surface area contributed by atoms with Crippen molar-refractivity contribution in [1.29, 1.82) is 0 Å². The molecule has 0 aliphatic carbocycles. The van der Waals surface area contributed by atoms with E-state index in [0.29, 0.717) is 5.56 Å². The van der Waals surface area contributed by atoms with Crippen LogP contribution in [0.15, 0.2) is 35.8 Å². The summed E-state index contributed by atoms with van der Waals surface area (Å²) in [5.41, 5.74) is 4.32. The van der Waals surface area contributed by atoms with Crippen LogP contribution in [0.1, 0.15) is 28.2 Å². The lowest BCUT2D eigenvalue weighted by Gasteiger charge is -2.08. The Balaban J connectivity index is 1.50. The molecule has 0 atom stereocenters. The van der Waals surface area contributed by atoms with Crippen LogP contribution in [0, 0.1) is 6.92 Å². The van der Waals surface area contributed by atoms with Gasteiger partial charge in [0.15, 0.2) is 5.13 Å². The Labute approximate surface area is 143 Å². The number of hydrogen-bond acceptors (Lipinski definition) is 5. The van der Waals surface area contributed by atoms with Crippen LogP contribution in [0.2, 0.25) is 0 Å². The highest BCUT2D eigenvalue weighted by Gasteiger charge is 2.21. The van der Waals surface area contributed by atoms with Crippen LogP contribution >= 0.6 is 11.3 Å². The second kappa shape index (κ2) is 6.09. The highest BCUT2D eigenvalue weighted by atomic mass is 32.1. The highest BCUT2D eigenvalue weighted by Crippen LogP contribution is 2.24. The lowest BCUT2D eigenvalue weighted by Crippen LogP contribution is -2.13. The molecule has 1 aromatic carbocycles. The largest absolute Gasteiger partial charge is 0.331 e. The number of amides is 1. The van der Waals surface area contributed by atoms with Gasteiger partial charge in [0, 0.05) is 23.3 Å². The SMILES string of the molecule is Cc1csc(Nc2cccc(NC(=O)c3cnn4c3CCC4)c2)n1. The van der Waals surface area contributed by atoms with E-state index in [4.69, 9.17) is 0 Å². The first-order chi connectivity index (χ1) is 11.7. The third-order valence-corrected chi connectivity index (χ3v) is 4.84. The van der Waals surface area contributed by atoms with Crippen LogP contribution in [-0.4, -0.2) is 20.7 Å². The van der Waals surface area contributed by atoms with Crippen molar-refractivity contribution in [3.05, 3.63) is 52.8 Å². The van der Waals surface area contributed by atoms with E-state index in [9.17, 15) is 4.79 Å². The van der Waals surface area contributed by atoms with Gasteiger partial charge in [0.25, 0.3) is 5.91 Å². The molecule has 7 heteroatoms. The predicted molar refractivity (Wildman–Crippen MR) is 95.1 cm³/mol. The number of nitrogens with one attached hydrogen (secondary N) is 2. The third kappa shape index (κ3) is 2.90. The minimum atomic E-state index is -0.111. The lowest BCUT2D eigenvalue weighted by molar-refractivity contribution is 0.102. The summed E-state index contributed by atoms with van der Waals surface area (Å²) >= 11 is 1.56. The molecule has 1 aliphatic heterocycles. The van der Waals surface area contributed by atoms with Gasteiger partial charge >= 0.3 is 0 Å². The number of hydrogen-bond donors (Lipinski definition) is 2. The first-order valence-corrected chi connectivity index (χ1v) is 8.72. The van der Waals surface area contributed by atoms with E-state index < -0.39 is 0 Å². The normalized spacial score (nSPS) is 12.9. The van der Waals surface area contributed by atoms with E-state index in [1.807, 2.05) is 41.3 Å². The maximum Gasteiger partial charge on any atom is 0.259 e. The van der Waals surface area contributed by atoms with Gasteiger partial charge in [-0.25, -0.2) is 4.98 Å². The summed E-state index contributed by atoms with van der Waals surface area (Å²) in [4.78, 5) is 16.9. The van der Waals surface area contributed by atoms with Crippen LogP contribution in [-0.2, 0) is 13.0 Å². The van der Waals surface area contributed by atoms with Crippen molar-refractivity contribution < 1.29 is 4.79 Å². The number of nitrogens with zero attached hydrogens (tertiary/aromatic N) is 3. The second-order valence-corrected chi connectivity index (χ2v) is 6.64. The molecule has 4 rings (SSSR count). The number of carbonyl (C=O) groups excluding carboxylic acids is 1. The molecule has 0 unspecified atom stereocenters. The van der Waals surface area contributed by atoms with E-state index in [0.717, 1.165) is 47.3 Å². The lowest BCUT2D eigenvalue weighted by atomic mass is 10.2. The van der Waals surface area contributed by atoms with Crippen molar-refractivity contribution in [3.8, 4) is 0 Å². The number of thiazole rings is 1. The summed E-state index contributed by atoms with van der Waals surface area (Å²) in [5, 5.41) is 13.3. The first kappa shape index (κ1) is 14.9. The molecule has 0 radical (unpaired) electrons. The fourth-order valence-electron chi connectivity index (χ4n) is 2.86. The zero-order valence-electron chi connectivity index (χ0n) is 13.2. The molecule has 1 aliphatic rings. The quantitative estimate of drug-likeness (QED) is 0.762. The Hall–Kier alpha value is -2.67. The molecule has 3 heterocycles. The molecule has 0 bridgehead atoms. The van der Waals surface area contributed by atoms with E-state index in [1.54, 1.807) is 17.5 Å². The van der Waals surface area contributed by atoms with Gasteiger partial charge in [0.05, 0.1) is 23.1 Å². The number of aromatic nitrogens is 3. The molecule has 2 aromatic heterocycles. The van der Waals surface area contributed by atoms with Gasteiger partial charge in [-0.3, -0.25) is 9.48 Å². The van der Waals surface area contributed by atoms with Gasteiger partial charge in [0.2, 0.25) is 0 Å². The molecule has 0 fully saturated rings. The molecule has 2 N–H and O–H groups in total. The fourth-order valence-corrected chi connectivity index (χ4v) is 3.57. The Bertz CT molecular complexity index is 898. The van der Waals surface area contributed by atoms with Crippen LogP contribution in [0.4, 0.5) is 16.5 Å². The number of rotatable bonds is 4. The van der Waals surface area contributed by atoms with Crippen LogP contribution < -0.4 is 10.6 Å². The average Bonchev–Trinajstić information content (AvgIpc) is 3.24. The molecule has 3 aromatic rings. The number of aryl methyl sites for hydroxylation is 2. The van der Waals surface area contributed by atoms with Crippen LogP contribution in [0.25, 0.3) is 0 Å². The standard InChI is InChI=1S/C17H17N5OS/c1-11-10-24-17(19-11)21-13-5-2-4-12(8-13)20-16(23)14-9-18-22-7-3-6-15(14)22/h2,4-5,8-10H,3,6-7H2,1H3,(H,19,21)(H,20,23). The third-order valence-electron chi connectivity index (χ3n) is 3.97. The molecular formula is C17H17N5OS. The van der Waals surface area contributed by atoms with Crippen LogP contribution in [0.5, 0.6) is 0 Å². The monoisotopic (exact) mass is 339 g/mol. The van der Waals surface area contributed by atoms with E-state index in [2.05, 4.69) is 20.7 Å².